The van der Waals surface area contributed by atoms with Crippen LogP contribution in [0.2, 0.25) is 0 Å². The number of aryl methyl sites for hydroxylation is 1. The zero-order valence-electron chi connectivity index (χ0n) is 11.6. The highest BCUT2D eigenvalue weighted by Gasteiger charge is 2.26. The summed E-state index contributed by atoms with van der Waals surface area (Å²) in [6.45, 7) is 2.25. The minimum absolute atomic E-state index is 0.221. The first-order valence-electron chi connectivity index (χ1n) is 7.58. The van der Waals surface area contributed by atoms with Gasteiger partial charge in [-0.3, -0.25) is 0 Å². The van der Waals surface area contributed by atoms with Crippen LogP contribution in [0.25, 0.3) is 0 Å². The summed E-state index contributed by atoms with van der Waals surface area (Å²) < 4.78 is 0. The molecule has 2 atom stereocenters. The number of benzene rings is 1. The summed E-state index contributed by atoms with van der Waals surface area (Å²) in [7, 11) is 0. The molecular formula is C17H26O. The highest BCUT2D eigenvalue weighted by molar-refractivity contribution is 5.31. The number of hydrogen-bond donors (Lipinski definition) is 1. The Morgan fingerprint density at radius 3 is 2.72 bits per heavy atom. The number of aliphatic hydroxyl groups is 1. The lowest BCUT2D eigenvalue weighted by atomic mass is 9.79. The van der Waals surface area contributed by atoms with E-state index in [1.165, 1.54) is 49.7 Å². The fourth-order valence-electron chi connectivity index (χ4n) is 3.12. The Kier molecular flexibility index (Phi) is 5.25. The second kappa shape index (κ2) is 6.94. The van der Waals surface area contributed by atoms with Crippen molar-refractivity contribution in [1.82, 2.24) is 0 Å². The fourth-order valence-corrected chi connectivity index (χ4v) is 3.12. The van der Waals surface area contributed by atoms with Crippen LogP contribution in [0.4, 0.5) is 0 Å². The molecule has 0 spiro atoms. The maximum absolute atomic E-state index is 10.4. The number of fused-ring (bicyclic) bond motifs is 1. The van der Waals surface area contributed by atoms with Gasteiger partial charge in [-0.25, -0.2) is 0 Å². The molecule has 2 rings (SSSR count). The Hall–Kier alpha value is -0.820. The molecule has 0 amide bonds. The highest BCUT2D eigenvalue weighted by Crippen LogP contribution is 2.37. The van der Waals surface area contributed by atoms with E-state index in [1.54, 1.807) is 0 Å². The molecule has 100 valence electrons. The Bertz CT molecular complexity index is 358. The van der Waals surface area contributed by atoms with E-state index in [0.29, 0.717) is 5.92 Å². The van der Waals surface area contributed by atoms with Crippen molar-refractivity contribution < 1.29 is 5.11 Å². The van der Waals surface area contributed by atoms with E-state index in [1.807, 2.05) is 6.07 Å². The van der Waals surface area contributed by atoms with Crippen LogP contribution in [0.1, 0.15) is 69.1 Å². The molecule has 0 aliphatic heterocycles. The Labute approximate surface area is 111 Å². The number of unbranched alkanes of at least 4 members (excludes halogenated alkanes) is 4. The van der Waals surface area contributed by atoms with E-state index in [2.05, 4.69) is 25.1 Å². The molecule has 0 bridgehead atoms. The van der Waals surface area contributed by atoms with Crippen LogP contribution in [0.5, 0.6) is 0 Å². The van der Waals surface area contributed by atoms with E-state index < -0.39 is 0 Å². The topological polar surface area (TPSA) is 20.2 Å². The van der Waals surface area contributed by atoms with Crippen molar-refractivity contribution in [2.75, 3.05) is 0 Å². The summed E-state index contributed by atoms with van der Waals surface area (Å²) in [5.74, 6) is 0.488. The lowest BCUT2D eigenvalue weighted by Crippen LogP contribution is -2.20. The Balaban J connectivity index is 1.82. The molecule has 0 saturated heterocycles. The number of hydrogen-bond acceptors (Lipinski definition) is 1. The molecule has 1 N–H and O–H groups in total. The highest BCUT2D eigenvalue weighted by atomic mass is 16.3. The number of rotatable bonds is 6. The van der Waals surface area contributed by atoms with Crippen LogP contribution in [-0.4, -0.2) is 5.11 Å². The fraction of sp³-hybridized carbons (Fsp3) is 0.647. The van der Waals surface area contributed by atoms with Gasteiger partial charge in [-0.2, -0.15) is 0 Å². The van der Waals surface area contributed by atoms with Gasteiger partial charge in [0.2, 0.25) is 0 Å². The van der Waals surface area contributed by atoms with Crippen molar-refractivity contribution >= 4 is 0 Å². The largest absolute Gasteiger partial charge is 0.388 e. The van der Waals surface area contributed by atoms with Gasteiger partial charge in [0.15, 0.2) is 0 Å². The van der Waals surface area contributed by atoms with E-state index >= 15 is 0 Å². The molecule has 18 heavy (non-hydrogen) atoms. The molecule has 0 aromatic heterocycles. The lowest BCUT2D eigenvalue weighted by molar-refractivity contribution is 0.0868. The third-order valence-corrected chi connectivity index (χ3v) is 4.28. The van der Waals surface area contributed by atoms with Crippen LogP contribution in [0.15, 0.2) is 24.3 Å². The van der Waals surface area contributed by atoms with Crippen molar-refractivity contribution in [1.29, 1.82) is 0 Å². The maximum Gasteiger partial charge on any atom is 0.0820 e. The summed E-state index contributed by atoms with van der Waals surface area (Å²) in [6, 6.07) is 8.39. The zero-order valence-corrected chi connectivity index (χ0v) is 11.6. The second-order valence-corrected chi connectivity index (χ2v) is 5.65. The molecular weight excluding hydrogens is 220 g/mol. The molecule has 1 aliphatic carbocycles. The summed E-state index contributed by atoms with van der Waals surface area (Å²) >= 11 is 0. The van der Waals surface area contributed by atoms with Crippen molar-refractivity contribution in [2.24, 2.45) is 5.92 Å². The average Bonchev–Trinajstić information content (AvgIpc) is 2.41. The maximum atomic E-state index is 10.4. The summed E-state index contributed by atoms with van der Waals surface area (Å²) in [4.78, 5) is 0. The molecule has 2 unspecified atom stereocenters. The van der Waals surface area contributed by atoms with E-state index in [9.17, 15) is 5.11 Å². The molecule has 1 aliphatic rings. The summed E-state index contributed by atoms with van der Waals surface area (Å²) in [5, 5.41) is 10.4. The van der Waals surface area contributed by atoms with Gasteiger partial charge in [0.05, 0.1) is 6.10 Å². The first-order valence-corrected chi connectivity index (χ1v) is 7.58. The third kappa shape index (κ3) is 3.35. The summed E-state index contributed by atoms with van der Waals surface area (Å²) in [5.41, 5.74) is 2.54. The molecule has 0 fully saturated rings. The molecule has 1 heteroatoms. The Morgan fingerprint density at radius 1 is 1.11 bits per heavy atom. The smallest absolute Gasteiger partial charge is 0.0820 e. The molecule has 1 aromatic rings. The van der Waals surface area contributed by atoms with Gasteiger partial charge in [-0.1, -0.05) is 63.3 Å². The third-order valence-electron chi connectivity index (χ3n) is 4.28. The van der Waals surface area contributed by atoms with Gasteiger partial charge in [-0.15, -0.1) is 0 Å². The van der Waals surface area contributed by atoms with Gasteiger partial charge in [0.25, 0.3) is 0 Å². The molecule has 0 heterocycles. The second-order valence-electron chi connectivity index (χ2n) is 5.65. The van der Waals surface area contributed by atoms with Crippen LogP contribution in [0.3, 0.4) is 0 Å². The van der Waals surface area contributed by atoms with Gasteiger partial charge >= 0.3 is 0 Å². The average molecular weight is 246 g/mol. The van der Waals surface area contributed by atoms with Crippen LogP contribution < -0.4 is 0 Å². The van der Waals surface area contributed by atoms with Crippen molar-refractivity contribution in [3.63, 3.8) is 0 Å². The summed E-state index contributed by atoms with van der Waals surface area (Å²) in [6.07, 6.45) is 9.91. The van der Waals surface area contributed by atoms with Gasteiger partial charge in [0, 0.05) is 0 Å². The van der Waals surface area contributed by atoms with Gasteiger partial charge in [-0.05, 0) is 36.3 Å². The molecule has 1 aromatic carbocycles. The van der Waals surface area contributed by atoms with Gasteiger partial charge in [0.1, 0.15) is 0 Å². The SMILES string of the molecule is CCCCCCCC1CCc2ccccc2C1O. The zero-order chi connectivity index (χ0) is 12.8. The Morgan fingerprint density at radius 2 is 1.89 bits per heavy atom. The van der Waals surface area contributed by atoms with Crippen molar-refractivity contribution in [3.8, 4) is 0 Å². The van der Waals surface area contributed by atoms with E-state index in [0.717, 1.165) is 12.8 Å². The minimum atomic E-state index is -0.221. The quantitative estimate of drug-likeness (QED) is 0.725. The first kappa shape index (κ1) is 13.6. The normalized spacial score (nSPS) is 22.8. The number of aliphatic hydroxyl groups excluding tert-OH is 1. The van der Waals surface area contributed by atoms with E-state index in [-0.39, 0.29) is 6.10 Å². The first-order chi connectivity index (χ1) is 8.83. The monoisotopic (exact) mass is 246 g/mol. The van der Waals surface area contributed by atoms with Crippen LogP contribution in [-0.2, 0) is 6.42 Å². The van der Waals surface area contributed by atoms with Crippen molar-refractivity contribution in [2.45, 2.75) is 64.4 Å². The van der Waals surface area contributed by atoms with Crippen molar-refractivity contribution in [3.05, 3.63) is 35.4 Å². The standard InChI is InChI=1S/C17H26O/c1-2-3-4-5-6-10-15-13-12-14-9-7-8-11-16(14)17(15)18/h7-9,11,15,17-18H,2-6,10,12-13H2,1H3. The van der Waals surface area contributed by atoms with E-state index in [4.69, 9.17) is 0 Å². The predicted octanol–water partition coefficient (Wildman–Crippen LogP) is 4.64. The van der Waals surface area contributed by atoms with Crippen LogP contribution >= 0.6 is 0 Å². The lowest BCUT2D eigenvalue weighted by Gasteiger charge is -2.30. The van der Waals surface area contributed by atoms with Gasteiger partial charge < -0.3 is 5.11 Å². The molecule has 1 nitrogen and oxygen atoms in total. The predicted molar refractivity (Wildman–Crippen MR) is 76.6 cm³/mol. The minimum Gasteiger partial charge on any atom is -0.388 e. The van der Waals surface area contributed by atoms with Crippen LogP contribution in [0, 0.1) is 5.92 Å². The molecule has 0 saturated carbocycles. The molecule has 0 radical (unpaired) electrons.